The van der Waals surface area contributed by atoms with Crippen LogP contribution in [0.1, 0.15) is 40.0 Å². The second-order valence-corrected chi connectivity index (χ2v) is 5.52. The summed E-state index contributed by atoms with van der Waals surface area (Å²) in [4.78, 5) is 0. The van der Waals surface area contributed by atoms with Crippen molar-refractivity contribution in [2.45, 2.75) is 40.0 Å². The minimum atomic E-state index is 0.580. The van der Waals surface area contributed by atoms with Crippen molar-refractivity contribution >= 4 is 0 Å². The summed E-state index contributed by atoms with van der Waals surface area (Å²) < 4.78 is 0. The molecule has 0 N–H and O–H groups in total. The van der Waals surface area contributed by atoms with E-state index in [4.69, 9.17) is 5.26 Å². The van der Waals surface area contributed by atoms with Crippen LogP contribution in [0.4, 0.5) is 0 Å². The van der Waals surface area contributed by atoms with Crippen LogP contribution in [0.2, 0.25) is 0 Å². The lowest BCUT2D eigenvalue weighted by atomic mass is 9.85. The first-order valence-corrected chi connectivity index (χ1v) is 5.63. The van der Waals surface area contributed by atoms with E-state index in [1.54, 1.807) is 5.57 Å². The van der Waals surface area contributed by atoms with Gasteiger partial charge in [-0.2, -0.15) is 5.26 Å². The van der Waals surface area contributed by atoms with Gasteiger partial charge >= 0.3 is 0 Å². The Morgan fingerprint density at radius 3 is 2.86 bits per heavy atom. The molecule has 0 aromatic carbocycles. The summed E-state index contributed by atoms with van der Waals surface area (Å²) in [6.07, 6.45) is 5.35. The van der Waals surface area contributed by atoms with Crippen molar-refractivity contribution in [2.24, 2.45) is 23.2 Å². The second-order valence-electron chi connectivity index (χ2n) is 5.52. The first kappa shape index (κ1) is 9.77. The lowest BCUT2D eigenvalue weighted by molar-refractivity contribution is 0.452. The van der Waals surface area contributed by atoms with E-state index in [9.17, 15) is 0 Å². The summed E-state index contributed by atoms with van der Waals surface area (Å²) in [6, 6.07) is 2.21. The lowest BCUT2D eigenvalue weighted by Crippen LogP contribution is -2.08. The largest absolute Gasteiger partial charge is 0.198 e. The zero-order valence-corrected chi connectivity index (χ0v) is 9.38. The Hall–Kier alpha value is -0.770. The van der Waals surface area contributed by atoms with Crippen LogP contribution in [-0.2, 0) is 0 Å². The number of hydrogen-bond donors (Lipinski definition) is 0. The molecule has 0 aliphatic heterocycles. The molecule has 0 aromatic heterocycles. The van der Waals surface area contributed by atoms with E-state index in [1.165, 1.54) is 12.8 Å². The highest BCUT2D eigenvalue weighted by atomic mass is 14.6. The maximum atomic E-state index is 8.57. The van der Waals surface area contributed by atoms with E-state index < -0.39 is 0 Å². The third-order valence-corrected chi connectivity index (χ3v) is 4.44. The van der Waals surface area contributed by atoms with Crippen molar-refractivity contribution in [3.8, 4) is 6.07 Å². The average Bonchev–Trinajstić information content (AvgIpc) is 2.65. The molecule has 0 saturated heterocycles. The summed E-state index contributed by atoms with van der Waals surface area (Å²) in [6.45, 7) is 7.10. The molecule has 0 radical (unpaired) electrons. The summed E-state index contributed by atoms with van der Waals surface area (Å²) in [5.74, 6) is 2.58. The molecule has 1 nitrogen and oxygen atoms in total. The maximum absolute atomic E-state index is 8.57. The van der Waals surface area contributed by atoms with Gasteiger partial charge in [0.1, 0.15) is 0 Å². The molecule has 2 fully saturated rings. The maximum Gasteiger partial charge on any atom is 0.0663 e. The number of allylic oxidation sites excluding steroid dienone is 2. The number of nitrogens with zero attached hydrogens (tertiary/aromatic N) is 1. The van der Waals surface area contributed by atoms with Gasteiger partial charge in [0.25, 0.3) is 0 Å². The zero-order valence-electron chi connectivity index (χ0n) is 9.38. The predicted molar refractivity (Wildman–Crippen MR) is 57.5 cm³/mol. The normalized spacial score (nSPS) is 41.6. The van der Waals surface area contributed by atoms with E-state index in [1.807, 2.05) is 0 Å². The van der Waals surface area contributed by atoms with Gasteiger partial charge in [-0.05, 0) is 36.0 Å². The molecule has 0 aromatic rings. The molecular formula is C13H19N. The van der Waals surface area contributed by atoms with Crippen LogP contribution in [0.25, 0.3) is 0 Å². The molecule has 3 atom stereocenters. The van der Waals surface area contributed by atoms with Crippen molar-refractivity contribution in [2.75, 3.05) is 0 Å². The number of hydrogen-bond acceptors (Lipinski definition) is 1. The average molecular weight is 189 g/mol. The summed E-state index contributed by atoms with van der Waals surface area (Å²) in [7, 11) is 0. The van der Waals surface area contributed by atoms with Crippen LogP contribution < -0.4 is 0 Å². The van der Waals surface area contributed by atoms with Crippen molar-refractivity contribution in [1.82, 2.24) is 0 Å². The van der Waals surface area contributed by atoms with Crippen LogP contribution in [0, 0.1) is 34.5 Å². The molecule has 1 unspecified atom stereocenters. The highest BCUT2D eigenvalue weighted by Crippen LogP contribution is 2.66. The van der Waals surface area contributed by atoms with Crippen molar-refractivity contribution in [3.05, 3.63) is 11.6 Å². The van der Waals surface area contributed by atoms with Gasteiger partial charge < -0.3 is 0 Å². The van der Waals surface area contributed by atoms with Gasteiger partial charge in [0.2, 0.25) is 0 Å². The topological polar surface area (TPSA) is 23.8 Å². The Kier molecular flexibility index (Phi) is 2.18. The van der Waals surface area contributed by atoms with E-state index in [-0.39, 0.29) is 0 Å². The SMILES string of the molecule is C[C@H]1C[C@@H]2C(CC1=CCC#N)C2(C)C. The van der Waals surface area contributed by atoms with Crippen LogP contribution >= 0.6 is 0 Å². The molecule has 2 saturated carbocycles. The van der Waals surface area contributed by atoms with Gasteiger partial charge in [-0.15, -0.1) is 0 Å². The molecule has 0 spiro atoms. The summed E-state index contributed by atoms with van der Waals surface area (Å²) >= 11 is 0. The zero-order chi connectivity index (χ0) is 10.3. The van der Waals surface area contributed by atoms with Gasteiger partial charge in [0, 0.05) is 0 Å². The van der Waals surface area contributed by atoms with E-state index in [0.717, 1.165) is 11.8 Å². The fraction of sp³-hybridized carbons (Fsp3) is 0.769. The Morgan fingerprint density at radius 2 is 2.21 bits per heavy atom. The van der Waals surface area contributed by atoms with Crippen LogP contribution in [0.3, 0.4) is 0 Å². The molecule has 0 amide bonds. The molecule has 0 heterocycles. The third-order valence-electron chi connectivity index (χ3n) is 4.44. The number of rotatable bonds is 1. The molecule has 0 bridgehead atoms. The van der Waals surface area contributed by atoms with Crippen LogP contribution in [-0.4, -0.2) is 0 Å². The monoisotopic (exact) mass is 189 g/mol. The first-order valence-electron chi connectivity index (χ1n) is 5.63. The van der Waals surface area contributed by atoms with E-state index >= 15 is 0 Å². The molecular weight excluding hydrogens is 170 g/mol. The Bertz CT molecular complexity index is 306. The van der Waals surface area contributed by atoms with Gasteiger partial charge in [-0.1, -0.05) is 32.4 Å². The van der Waals surface area contributed by atoms with Gasteiger partial charge in [0.15, 0.2) is 0 Å². The Balaban J connectivity index is 2.07. The molecule has 2 aliphatic carbocycles. The minimum absolute atomic E-state index is 0.580. The lowest BCUT2D eigenvalue weighted by Gasteiger charge is -2.20. The second kappa shape index (κ2) is 3.12. The van der Waals surface area contributed by atoms with Crippen molar-refractivity contribution in [1.29, 1.82) is 5.26 Å². The smallest absolute Gasteiger partial charge is 0.0663 e. The van der Waals surface area contributed by atoms with Crippen molar-refractivity contribution in [3.63, 3.8) is 0 Å². The molecule has 76 valence electrons. The Labute approximate surface area is 86.8 Å². The van der Waals surface area contributed by atoms with Crippen LogP contribution in [0.15, 0.2) is 11.6 Å². The molecule has 1 heteroatoms. The molecule has 14 heavy (non-hydrogen) atoms. The van der Waals surface area contributed by atoms with E-state index in [0.29, 0.717) is 17.8 Å². The fourth-order valence-corrected chi connectivity index (χ4v) is 3.18. The quantitative estimate of drug-likeness (QED) is 0.579. The third kappa shape index (κ3) is 1.38. The van der Waals surface area contributed by atoms with Crippen LogP contribution in [0.5, 0.6) is 0 Å². The van der Waals surface area contributed by atoms with Crippen molar-refractivity contribution < 1.29 is 0 Å². The summed E-state index contributed by atoms with van der Waals surface area (Å²) in [5, 5.41) is 8.57. The van der Waals surface area contributed by atoms with Gasteiger partial charge in [-0.25, -0.2) is 0 Å². The Morgan fingerprint density at radius 1 is 1.50 bits per heavy atom. The first-order chi connectivity index (χ1) is 6.57. The minimum Gasteiger partial charge on any atom is -0.198 e. The molecule has 2 rings (SSSR count). The highest BCUT2D eigenvalue weighted by Gasteiger charge is 2.59. The highest BCUT2D eigenvalue weighted by molar-refractivity contribution is 5.21. The number of nitriles is 1. The predicted octanol–water partition coefficient (Wildman–Crippen LogP) is 3.53. The fourth-order valence-electron chi connectivity index (χ4n) is 3.18. The standard InChI is InChI=1S/C13H19N/c1-9-7-11-12(13(11,2)3)8-10(9)5-4-6-14/h5,9,11-12H,4,7-8H2,1-3H3/t9-,11+,12?/m0/s1. The van der Waals surface area contributed by atoms with Gasteiger partial charge in [-0.3, -0.25) is 0 Å². The van der Waals surface area contributed by atoms with E-state index in [2.05, 4.69) is 32.9 Å². The number of fused-ring (bicyclic) bond motifs is 1. The molecule has 2 aliphatic rings. The van der Waals surface area contributed by atoms with Gasteiger partial charge in [0.05, 0.1) is 12.5 Å². The summed E-state index contributed by atoms with van der Waals surface area (Å²) in [5.41, 5.74) is 2.12.